The van der Waals surface area contributed by atoms with E-state index in [1.165, 1.54) is 0 Å². The molecular formula is C11H14NO. The van der Waals surface area contributed by atoms with Crippen LogP contribution in [-0.4, -0.2) is 6.41 Å². The van der Waals surface area contributed by atoms with Crippen molar-refractivity contribution in [2.24, 2.45) is 0 Å². The lowest BCUT2D eigenvalue weighted by molar-refractivity contribution is 0.560. The van der Waals surface area contributed by atoms with Crippen LogP contribution >= 0.6 is 0 Å². The maximum Gasteiger partial charge on any atom is 0.314 e. The second kappa shape index (κ2) is 3.60. The van der Waals surface area contributed by atoms with Gasteiger partial charge in [0.2, 0.25) is 0 Å². The number of rotatable bonds is 2. The number of para-hydroxylation sites is 1. The Morgan fingerprint density at radius 1 is 1.23 bits per heavy atom. The number of anilines is 1. The SMILES string of the molecule is CC(C)(C)c1ccccc1N[C]=O. The van der Waals surface area contributed by atoms with Crippen LogP contribution in [-0.2, 0) is 10.2 Å². The van der Waals surface area contributed by atoms with E-state index in [2.05, 4.69) is 26.1 Å². The molecule has 1 amide bonds. The quantitative estimate of drug-likeness (QED) is 0.689. The van der Waals surface area contributed by atoms with Crippen molar-refractivity contribution in [3.05, 3.63) is 29.8 Å². The Morgan fingerprint density at radius 3 is 2.38 bits per heavy atom. The van der Waals surface area contributed by atoms with Crippen LogP contribution in [0.2, 0.25) is 0 Å². The Hall–Kier alpha value is -1.31. The van der Waals surface area contributed by atoms with Gasteiger partial charge >= 0.3 is 6.41 Å². The van der Waals surface area contributed by atoms with Crippen molar-refractivity contribution in [1.29, 1.82) is 0 Å². The van der Waals surface area contributed by atoms with Crippen molar-refractivity contribution in [2.45, 2.75) is 26.2 Å². The number of benzene rings is 1. The van der Waals surface area contributed by atoms with E-state index >= 15 is 0 Å². The van der Waals surface area contributed by atoms with Crippen LogP contribution in [0.25, 0.3) is 0 Å². The van der Waals surface area contributed by atoms with Gasteiger partial charge in [-0.1, -0.05) is 39.0 Å². The van der Waals surface area contributed by atoms with Gasteiger partial charge in [0.1, 0.15) is 0 Å². The summed E-state index contributed by atoms with van der Waals surface area (Å²) in [5.74, 6) is 0. The molecule has 1 N–H and O–H groups in total. The van der Waals surface area contributed by atoms with E-state index in [0.717, 1.165) is 11.3 Å². The van der Waals surface area contributed by atoms with Crippen LogP contribution < -0.4 is 5.32 Å². The highest BCUT2D eigenvalue weighted by atomic mass is 16.1. The van der Waals surface area contributed by atoms with Crippen LogP contribution in [0.5, 0.6) is 0 Å². The van der Waals surface area contributed by atoms with Gasteiger partial charge < -0.3 is 5.32 Å². The van der Waals surface area contributed by atoms with Crippen LogP contribution in [0.4, 0.5) is 5.69 Å². The Kier molecular flexibility index (Phi) is 2.71. The molecule has 13 heavy (non-hydrogen) atoms. The number of hydrogen-bond acceptors (Lipinski definition) is 1. The lowest BCUT2D eigenvalue weighted by Crippen LogP contribution is -2.14. The minimum absolute atomic E-state index is 0.0421. The van der Waals surface area contributed by atoms with E-state index in [1.54, 1.807) is 6.41 Å². The van der Waals surface area contributed by atoms with E-state index in [1.807, 2.05) is 24.3 Å². The fraction of sp³-hybridized carbons (Fsp3) is 0.364. The highest BCUT2D eigenvalue weighted by Gasteiger charge is 2.16. The van der Waals surface area contributed by atoms with Gasteiger partial charge in [0.25, 0.3) is 0 Å². The summed E-state index contributed by atoms with van der Waals surface area (Å²) in [7, 11) is 0. The molecule has 69 valence electrons. The van der Waals surface area contributed by atoms with Crippen LogP contribution in [0.3, 0.4) is 0 Å². The van der Waals surface area contributed by atoms with E-state index in [-0.39, 0.29) is 5.41 Å². The van der Waals surface area contributed by atoms with Crippen LogP contribution in [0, 0.1) is 0 Å². The maximum atomic E-state index is 10.2. The summed E-state index contributed by atoms with van der Waals surface area (Å²) in [6.45, 7) is 6.33. The number of hydrogen-bond donors (Lipinski definition) is 1. The molecule has 0 unspecified atom stereocenters. The lowest BCUT2D eigenvalue weighted by Gasteiger charge is -2.21. The normalized spacial score (nSPS) is 11.0. The van der Waals surface area contributed by atoms with E-state index < -0.39 is 0 Å². The Balaban J connectivity index is 3.11. The van der Waals surface area contributed by atoms with Crippen LogP contribution in [0.1, 0.15) is 26.3 Å². The molecule has 0 atom stereocenters. The first-order chi connectivity index (χ1) is 6.05. The minimum Gasteiger partial charge on any atom is -0.318 e. The summed E-state index contributed by atoms with van der Waals surface area (Å²) in [6, 6.07) is 7.76. The Morgan fingerprint density at radius 2 is 1.85 bits per heavy atom. The number of carbonyl (C=O) groups excluding carboxylic acids is 1. The third kappa shape index (κ3) is 2.31. The van der Waals surface area contributed by atoms with Crippen molar-refractivity contribution in [2.75, 3.05) is 5.32 Å². The molecule has 0 aromatic heterocycles. The summed E-state index contributed by atoms with van der Waals surface area (Å²) in [5.41, 5.74) is 2.00. The molecule has 2 nitrogen and oxygen atoms in total. The van der Waals surface area contributed by atoms with Gasteiger partial charge in [-0.05, 0) is 17.0 Å². The second-order valence-corrected chi connectivity index (χ2v) is 4.02. The molecule has 0 bridgehead atoms. The zero-order valence-electron chi connectivity index (χ0n) is 8.22. The monoisotopic (exact) mass is 176 g/mol. The highest BCUT2D eigenvalue weighted by molar-refractivity contribution is 5.74. The molecule has 0 aliphatic carbocycles. The standard InChI is InChI=1S/C11H14NO/c1-11(2,3)9-6-4-5-7-10(9)12-8-13/h4-7H,1-3H3,(H,12,13). The van der Waals surface area contributed by atoms with Crippen LogP contribution in [0.15, 0.2) is 24.3 Å². The van der Waals surface area contributed by atoms with Crippen molar-refractivity contribution in [3.63, 3.8) is 0 Å². The minimum atomic E-state index is 0.0421. The zero-order valence-corrected chi connectivity index (χ0v) is 8.22. The van der Waals surface area contributed by atoms with Crippen molar-refractivity contribution in [1.82, 2.24) is 0 Å². The summed E-state index contributed by atoms with van der Waals surface area (Å²) in [5, 5.41) is 2.58. The third-order valence-corrected chi connectivity index (χ3v) is 1.92. The second-order valence-electron chi connectivity index (χ2n) is 4.02. The predicted molar refractivity (Wildman–Crippen MR) is 54.5 cm³/mol. The molecular weight excluding hydrogens is 162 g/mol. The fourth-order valence-corrected chi connectivity index (χ4v) is 1.30. The lowest BCUT2D eigenvalue weighted by atomic mass is 9.86. The van der Waals surface area contributed by atoms with Crippen molar-refractivity contribution < 1.29 is 4.79 Å². The first-order valence-electron chi connectivity index (χ1n) is 4.28. The molecule has 0 saturated heterocycles. The van der Waals surface area contributed by atoms with Crippen molar-refractivity contribution >= 4 is 12.1 Å². The molecule has 1 aromatic carbocycles. The Bertz CT molecular complexity index is 299. The summed E-state index contributed by atoms with van der Waals surface area (Å²) in [4.78, 5) is 10.2. The molecule has 1 radical (unpaired) electrons. The smallest absolute Gasteiger partial charge is 0.314 e. The molecule has 2 heteroatoms. The molecule has 0 aliphatic heterocycles. The molecule has 0 fully saturated rings. The average Bonchev–Trinajstić information content (AvgIpc) is 2.04. The van der Waals surface area contributed by atoms with Gasteiger partial charge in [0.05, 0.1) is 0 Å². The number of nitrogens with one attached hydrogen (secondary N) is 1. The topological polar surface area (TPSA) is 29.1 Å². The number of amides is 1. The molecule has 1 aromatic rings. The molecule has 1 rings (SSSR count). The van der Waals surface area contributed by atoms with E-state index in [9.17, 15) is 4.79 Å². The maximum absolute atomic E-state index is 10.2. The molecule has 0 spiro atoms. The Labute approximate surface area is 79.0 Å². The molecule has 0 saturated carbocycles. The largest absolute Gasteiger partial charge is 0.318 e. The van der Waals surface area contributed by atoms with Gasteiger partial charge in [-0.25, -0.2) is 0 Å². The first kappa shape index (κ1) is 9.78. The first-order valence-corrected chi connectivity index (χ1v) is 4.28. The molecule has 0 heterocycles. The average molecular weight is 176 g/mol. The van der Waals surface area contributed by atoms with Gasteiger partial charge in [0.15, 0.2) is 0 Å². The zero-order chi connectivity index (χ0) is 9.90. The summed E-state index contributed by atoms with van der Waals surface area (Å²) in [6.07, 6.45) is 1.70. The predicted octanol–water partition coefficient (Wildman–Crippen LogP) is 2.46. The highest BCUT2D eigenvalue weighted by Crippen LogP contribution is 2.28. The summed E-state index contributed by atoms with van der Waals surface area (Å²) < 4.78 is 0. The van der Waals surface area contributed by atoms with Crippen molar-refractivity contribution in [3.8, 4) is 0 Å². The molecule has 0 aliphatic rings. The van der Waals surface area contributed by atoms with E-state index in [4.69, 9.17) is 0 Å². The van der Waals surface area contributed by atoms with E-state index in [0.29, 0.717) is 0 Å². The summed E-state index contributed by atoms with van der Waals surface area (Å²) >= 11 is 0. The fourth-order valence-electron chi connectivity index (χ4n) is 1.30. The van der Waals surface area contributed by atoms with Gasteiger partial charge in [-0.15, -0.1) is 0 Å². The van der Waals surface area contributed by atoms with Gasteiger partial charge in [-0.3, -0.25) is 4.79 Å². The third-order valence-electron chi connectivity index (χ3n) is 1.92. The van der Waals surface area contributed by atoms with Gasteiger partial charge in [0, 0.05) is 5.69 Å². The van der Waals surface area contributed by atoms with Gasteiger partial charge in [-0.2, -0.15) is 0 Å².